The van der Waals surface area contributed by atoms with Crippen molar-refractivity contribution >= 4 is 15.9 Å². The number of methoxy groups -OCH3 is 1. The third-order valence-electron chi connectivity index (χ3n) is 2.63. The molecule has 1 saturated carbocycles. The second kappa shape index (κ2) is 5.06. The van der Waals surface area contributed by atoms with E-state index in [1.165, 1.54) is 12.8 Å². The molecule has 0 heterocycles. The SMILES string of the molecule is COc1cc(CO)cc(Br)c1OCC1CC1. The smallest absolute Gasteiger partial charge is 0.175 e. The lowest BCUT2D eigenvalue weighted by Gasteiger charge is -2.13. The van der Waals surface area contributed by atoms with E-state index in [0.717, 1.165) is 22.4 Å². The first-order valence-corrected chi connectivity index (χ1v) is 6.14. The first-order valence-electron chi connectivity index (χ1n) is 5.34. The fraction of sp³-hybridized carbons (Fsp3) is 0.500. The van der Waals surface area contributed by atoms with Crippen molar-refractivity contribution in [3.05, 3.63) is 22.2 Å². The van der Waals surface area contributed by atoms with Gasteiger partial charge >= 0.3 is 0 Å². The van der Waals surface area contributed by atoms with Gasteiger partial charge in [-0.3, -0.25) is 0 Å². The number of halogens is 1. The van der Waals surface area contributed by atoms with E-state index in [0.29, 0.717) is 11.7 Å². The highest BCUT2D eigenvalue weighted by Crippen LogP contribution is 2.38. The lowest BCUT2D eigenvalue weighted by molar-refractivity contribution is 0.271. The minimum Gasteiger partial charge on any atom is -0.493 e. The van der Waals surface area contributed by atoms with Crippen molar-refractivity contribution in [3.63, 3.8) is 0 Å². The van der Waals surface area contributed by atoms with E-state index in [1.807, 2.05) is 6.07 Å². The highest BCUT2D eigenvalue weighted by atomic mass is 79.9. The maximum Gasteiger partial charge on any atom is 0.175 e. The molecular formula is C12H15BrO3. The monoisotopic (exact) mass is 286 g/mol. The zero-order chi connectivity index (χ0) is 11.5. The van der Waals surface area contributed by atoms with E-state index in [1.54, 1.807) is 13.2 Å². The molecule has 0 saturated heterocycles. The van der Waals surface area contributed by atoms with Gasteiger partial charge in [0.05, 0.1) is 24.8 Å². The van der Waals surface area contributed by atoms with Crippen molar-refractivity contribution in [1.82, 2.24) is 0 Å². The van der Waals surface area contributed by atoms with Crippen LogP contribution in [0, 0.1) is 5.92 Å². The van der Waals surface area contributed by atoms with Gasteiger partial charge in [-0.15, -0.1) is 0 Å². The summed E-state index contributed by atoms with van der Waals surface area (Å²) < 4.78 is 11.8. The van der Waals surface area contributed by atoms with Crippen molar-refractivity contribution in [2.75, 3.05) is 13.7 Å². The van der Waals surface area contributed by atoms with E-state index >= 15 is 0 Å². The van der Waals surface area contributed by atoms with Gasteiger partial charge in [-0.1, -0.05) is 0 Å². The Hall–Kier alpha value is -0.740. The van der Waals surface area contributed by atoms with Gasteiger partial charge in [-0.2, -0.15) is 0 Å². The molecule has 3 nitrogen and oxygen atoms in total. The summed E-state index contributed by atoms with van der Waals surface area (Å²) in [5, 5.41) is 9.08. The topological polar surface area (TPSA) is 38.7 Å². The van der Waals surface area contributed by atoms with Crippen LogP contribution in [0.1, 0.15) is 18.4 Å². The highest BCUT2D eigenvalue weighted by molar-refractivity contribution is 9.10. The van der Waals surface area contributed by atoms with E-state index < -0.39 is 0 Å². The number of hydrogen-bond acceptors (Lipinski definition) is 3. The second-order valence-electron chi connectivity index (χ2n) is 4.02. The highest BCUT2D eigenvalue weighted by Gasteiger charge is 2.23. The van der Waals surface area contributed by atoms with Crippen LogP contribution in [0.25, 0.3) is 0 Å². The molecule has 16 heavy (non-hydrogen) atoms. The maximum atomic E-state index is 9.08. The number of benzene rings is 1. The Labute approximate surface area is 104 Å². The first-order chi connectivity index (χ1) is 7.74. The van der Waals surface area contributed by atoms with Crippen molar-refractivity contribution in [3.8, 4) is 11.5 Å². The van der Waals surface area contributed by atoms with Gasteiger partial charge in [0.2, 0.25) is 0 Å². The Balaban J connectivity index is 2.18. The quantitative estimate of drug-likeness (QED) is 0.905. The predicted molar refractivity (Wildman–Crippen MR) is 64.8 cm³/mol. The largest absolute Gasteiger partial charge is 0.493 e. The van der Waals surface area contributed by atoms with E-state index in [9.17, 15) is 0 Å². The van der Waals surface area contributed by atoms with Crippen LogP contribution in [-0.4, -0.2) is 18.8 Å². The van der Waals surface area contributed by atoms with Crippen molar-refractivity contribution in [2.45, 2.75) is 19.4 Å². The molecule has 0 radical (unpaired) electrons. The van der Waals surface area contributed by atoms with Crippen molar-refractivity contribution in [2.24, 2.45) is 5.92 Å². The minimum absolute atomic E-state index is 0.00212. The number of ether oxygens (including phenoxy) is 2. The molecule has 4 heteroatoms. The molecule has 88 valence electrons. The summed E-state index contributed by atoms with van der Waals surface area (Å²) in [4.78, 5) is 0. The van der Waals surface area contributed by atoms with Crippen molar-refractivity contribution in [1.29, 1.82) is 0 Å². The van der Waals surface area contributed by atoms with Gasteiger partial charge in [-0.25, -0.2) is 0 Å². The van der Waals surface area contributed by atoms with Crippen LogP contribution in [0.4, 0.5) is 0 Å². The standard InChI is InChI=1S/C12H15BrO3/c1-15-11-5-9(6-14)4-10(13)12(11)16-7-8-2-3-8/h4-5,8,14H,2-3,6-7H2,1H3. The Kier molecular flexibility index (Phi) is 3.71. The minimum atomic E-state index is -0.00212. The van der Waals surface area contributed by atoms with Gasteiger partial charge < -0.3 is 14.6 Å². The maximum absolute atomic E-state index is 9.08. The summed E-state index contributed by atoms with van der Waals surface area (Å²) in [6, 6.07) is 3.65. The fourth-order valence-electron chi connectivity index (χ4n) is 1.49. The van der Waals surface area contributed by atoms with E-state index in [4.69, 9.17) is 14.6 Å². The molecule has 0 aromatic heterocycles. The molecule has 1 aromatic carbocycles. The molecule has 0 aliphatic heterocycles. The van der Waals surface area contributed by atoms with Crippen molar-refractivity contribution < 1.29 is 14.6 Å². The van der Waals surface area contributed by atoms with Gasteiger partial charge in [0.25, 0.3) is 0 Å². The van der Waals surface area contributed by atoms with E-state index in [2.05, 4.69) is 15.9 Å². The average Bonchev–Trinajstić information content (AvgIpc) is 3.10. The fourth-order valence-corrected chi connectivity index (χ4v) is 2.09. The molecule has 1 fully saturated rings. The lowest BCUT2D eigenvalue weighted by Crippen LogP contribution is -2.02. The molecule has 0 spiro atoms. The summed E-state index contributed by atoms with van der Waals surface area (Å²) in [5.41, 5.74) is 0.808. The first kappa shape index (κ1) is 11.7. The molecule has 1 aromatic rings. The molecular weight excluding hydrogens is 272 g/mol. The van der Waals surface area contributed by atoms with Gasteiger partial charge in [-0.05, 0) is 52.4 Å². The Morgan fingerprint density at radius 3 is 2.75 bits per heavy atom. The third-order valence-corrected chi connectivity index (χ3v) is 3.22. The molecule has 0 atom stereocenters. The summed E-state index contributed by atoms with van der Waals surface area (Å²) >= 11 is 3.43. The number of rotatable bonds is 5. The molecule has 0 unspecified atom stereocenters. The van der Waals surface area contributed by atoms with Crippen LogP contribution in [0.5, 0.6) is 11.5 Å². The summed E-state index contributed by atoms with van der Waals surface area (Å²) in [5.74, 6) is 2.10. The van der Waals surface area contributed by atoms with Crippen LogP contribution in [0.15, 0.2) is 16.6 Å². The molecule has 2 rings (SSSR count). The van der Waals surface area contributed by atoms with Crippen LogP contribution >= 0.6 is 15.9 Å². The van der Waals surface area contributed by atoms with Gasteiger partial charge in [0.15, 0.2) is 11.5 Å². The third kappa shape index (κ3) is 2.68. The molecule has 1 aliphatic rings. The number of hydrogen-bond donors (Lipinski definition) is 1. The van der Waals surface area contributed by atoms with Crippen LogP contribution in [0.3, 0.4) is 0 Å². The normalized spacial score (nSPS) is 14.9. The molecule has 0 amide bonds. The summed E-state index contributed by atoms with van der Waals surface area (Å²) in [6.45, 7) is 0.741. The zero-order valence-electron chi connectivity index (χ0n) is 9.20. The Morgan fingerprint density at radius 1 is 1.44 bits per heavy atom. The zero-order valence-corrected chi connectivity index (χ0v) is 10.8. The predicted octanol–water partition coefficient (Wildman–Crippen LogP) is 2.74. The van der Waals surface area contributed by atoms with Crippen LogP contribution in [-0.2, 0) is 6.61 Å². The van der Waals surface area contributed by atoms with Gasteiger partial charge in [0, 0.05) is 0 Å². The lowest BCUT2D eigenvalue weighted by atomic mass is 10.2. The van der Waals surface area contributed by atoms with Crippen LogP contribution in [0.2, 0.25) is 0 Å². The van der Waals surface area contributed by atoms with Crippen LogP contribution < -0.4 is 9.47 Å². The number of aliphatic hydroxyl groups is 1. The summed E-state index contributed by atoms with van der Waals surface area (Å²) in [7, 11) is 1.60. The number of aliphatic hydroxyl groups excluding tert-OH is 1. The molecule has 1 N–H and O–H groups in total. The Morgan fingerprint density at radius 2 is 2.19 bits per heavy atom. The molecule has 0 bridgehead atoms. The second-order valence-corrected chi connectivity index (χ2v) is 4.88. The average molecular weight is 287 g/mol. The van der Waals surface area contributed by atoms with E-state index in [-0.39, 0.29) is 6.61 Å². The molecule has 1 aliphatic carbocycles. The Bertz CT molecular complexity index is 375. The summed E-state index contributed by atoms with van der Waals surface area (Å²) in [6.07, 6.45) is 2.52. The van der Waals surface area contributed by atoms with Gasteiger partial charge in [0.1, 0.15) is 0 Å².